The predicted octanol–water partition coefficient (Wildman–Crippen LogP) is 1.97. The summed E-state index contributed by atoms with van der Waals surface area (Å²) in [5.74, 6) is -1.08. The van der Waals surface area contributed by atoms with Crippen molar-refractivity contribution in [2.45, 2.75) is 25.8 Å². The van der Waals surface area contributed by atoms with Crippen molar-refractivity contribution in [2.24, 2.45) is 0 Å². The molecule has 0 aliphatic carbocycles. The zero-order chi connectivity index (χ0) is 12.8. The molecule has 0 bridgehead atoms. The molecule has 5 heteroatoms. The van der Waals surface area contributed by atoms with Gasteiger partial charge in [0.25, 0.3) is 0 Å². The van der Waals surface area contributed by atoms with Gasteiger partial charge in [0.2, 0.25) is 5.91 Å². The Bertz CT molecular complexity index is 403. The third-order valence-corrected chi connectivity index (χ3v) is 2.69. The van der Waals surface area contributed by atoms with Crippen LogP contribution in [0.2, 0.25) is 0 Å². The van der Waals surface area contributed by atoms with Crippen molar-refractivity contribution in [2.75, 3.05) is 0 Å². The fraction of sp³-hybridized carbons (Fsp3) is 0.333. The van der Waals surface area contributed by atoms with E-state index in [1.807, 2.05) is 24.3 Å². The summed E-state index contributed by atoms with van der Waals surface area (Å²) in [6.07, 6.45) is 0.198. The van der Waals surface area contributed by atoms with E-state index in [9.17, 15) is 9.59 Å². The maximum absolute atomic E-state index is 11.6. The van der Waals surface area contributed by atoms with Gasteiger partial charge in [-0.1, -0.05) is 28.1 Å². The van der Waals surface area contributed by atoms with Crippen LogP contribution < -0.4 is 5.32 Å². The number of carbonyl (C=O) groups is 2. The predicted molar refractivity (Wildman–Crippen MR) is 67.7 cm³/mol. The first-order valence-corrected chi connectivity index (χ1v) is 6.02. The zero-order valence-electron chi connectivity index (χ0n) is 9.44. The van der Waals surface area contributed by atoms with Gasteiger partial charge in [0.1, 0.15) is 0 Å². The minimum Gasteiger partial charge on any atom is -0.481 e. The summed E-state index contributed by atoms with van der Waals surface area (Å²) in [6.45, 7) is 1.67. The monoisotopic (exact) mass is 299 g/mol. The van der Waals surface area contributed by atoms with Crippen LogP contribution in [-0.4, -0.2) is 23.0 Å². The molecular weight excluding hydrogens is 286 g/mol. The topological polar surface area (TPSA) is 66.4 Å². The summed E-state index contributed by atoms with van der Waals surface area (Å²) in [5.41, 5.74) is 0.897. The molecule has 0 unspecified atom stereocenters. The molecule has 0 spiro atoms. The molecule has 0 aliphatic rings. The fourth-order valence-electron chi connectivity index (χ4n) is 1.43. The van der Waals surface area contributed by atoms with E-state index in [1.165, 1.54) is 0 Å². The van der Waals surface area contributed by atoms with E-state index in [1.54, 1.807) is 6.92 Å². The number of amides is 1. The van der Waals surface area contributed by atoms with Crippen molar-refractivity contribution < 1.29 is 14.7 Å². The number of nitrogens with one attached hydrogen (secondary N) is 1. The van der Waals surface area contributed by atoms with Crippen LogP contribution in [0.1, 0.15) is 18.9 Å². The number of hydrogen-bond acceptors (Lipinski definition) is 2. The minimum atomic E-state index is -0.915. The molecule has 1 aromatic rings. The van der Waals surface area contributed by atoms with E-state index in [2.05, 4.69) is 21.2 Å². The van der Waals surface area contributed by atoms with Crippen LogP contribution in [0.3, 0.4) is 0 Å². The number of hydrogen-bond donors (Lipinski definition) is 2. The van der Waals surface area contributed by atoms with Crippen LogP contribution in [0, 0.1) is 0 Å². The number of rotatable bonds is 5. The minimum absolute atomic E-state index is 0.0634. The number of aliphatic carboxylic acids is 1. The van der Waals surface area contributed by atoms with E-state index in [-0.39, 0.29) is 24.8 Å². The summed E-state index contributed by atoms with van der Waals surface area (Å²) in [5, 5.41) is 11.2. The standard InChI is InChI=1S/C12H14BrNO3/c1-8(6-12(16)17)14-11(15)7-9-2-4-10(13)5-3-9/h2-5,8H,6-7H2,1H3,(H,14,15)(H,16,17)/t8-/m1/s1. The van der Waals surface area contributed by atoms with Crippen LogP contribution in [0.4, 0.5) is 0 Å². The number of carbonyl (C=O) groups excluding carboxylic acids is 1. The SMILES string of the molecule is C[C@H](CC(=O)O)NC(=O)Cc1ccc(Br)cc1. The summed E-state index contributed by atoms with van der Waals surface area (Å²) in [4.78, 5) is 22.0. The highest BCUT2D eigenvalue weighted by Crippen LogP contribution is 2.10. The molecule has 0 saturated carbocycles. The molecule has 4 nitrogen and oxygen atoms in total. The number of halogens is 1. The Morgan fingerprint density at radius 1 is 1.35 bits per heavy atom. The van der Waals surface area contributed by atoms with Gasteiger partial charge in [0.15, 0.2) is 0 Å². The van der Waals surface area contributed by atoms with Crippen LogP contribution >= 0.6 is 15.9 Å². The molecule has 17 heavy (non-hydrogen) atoms. The summed E-state index contributed by atoms with van der Waals surface area (Å²) < 4.78 is 0.959. The highest BCUT2D eigenvalue weighted by molar-refractivity contribution is 9.10. The maximum Gasteiger partial charge on any atom is 0.305 e. The van der Waals surface area contributed by atoms with Gasteiger partial charge in [-0.3, -0.25) is 9.59 Å². The van der Waals surface area contributed by atoms with Gasteiger partial charge in [-0.05, 0) is 24.6 Å². The lowest BCUT2D eigenvalue weighted by molar-refractivity contribution is -0.137. The molecule has 1 amide bonds. The van der Waals surface area contributed by atoms with Crippen LogP contribution in [0.25, 0.3) is 0 Å². The Morgan fingerprint density at radius 2 is 1.94 bits per heavy atom. The molecule has 1 atom stereocenters. The van der Waals surface area contributed by atoms with E-state index >= 15 is 0 Å². The first-order valence-electron chi connectivity index (χ1n) is 5.23. The second-order valence-electron chi connectivity index (χ2n) is 3.87. The molecule has 0 radical (unpaired) electrons. The Balaban J connectivity index is 2.44. The van der Waals surface area contributed by atoms with Crippen molar-refractivity contribution in [1.82, 2.24) is 5.32 Å². The van der Waals surface area contributed by atoms with Crippen LogP contribution in [0.15, 0.2) is 28.7 Å². The molecular formula is C12H14BrNO3. The van der Waals surface area contributed by atoms with Crippen LogP contribution in [-0.2, 0) is 16.0 Å². The first-order chi connectivity index (χ1) is 7.97. The lowest BCUT2D eigenvalue weighted by Gasteiger charge is -2.11. The number of benzene rings is 1. The molecule has 2 N–H and O–H groups in total. The first kappa shape index (κ1) is 13.7. The third-order valence-electron chi connectivity index (χ3n) is 2.17. The third kappa shape index (κ3) is 5.49. The van der Waals surface area contributed by atoms with Crippen molar-refractivity contribution in [3.8, 4) is 0 Å². The summed E-state index contributed by atoms with van der Waals surface area (Å²) >= 11 is 3.31. The average molecular weight is 300 g/mol. The quantitative estimate of drug-likeness (QED) is 0.873. The molecule has 92 valence electrons. The second-order valence-corrected chi connectivity index (χ2v) is 4.79. The second kappa shape index (κ2) is 6.39. The highest BCUT2D eigenvalue weighted by atomic mass is 79.9. The number of carboxylic acids is 1. The lowest BCUT2D eigenvalue weighted by atomic mass is 10.1. The molecule has 0 saturated heterocycles. The maximum atomic E-state index is 11.6. The zero-order valence-corrected chi connectivity index (χ0v) is 11.0. The number of carboxylic acid groups (broad SMARTS) is 1. The highest BCUT2D eigenvalue weighted by Gasteiger charge is 2.11. The van der Waals surface area contributed by atoms with E-state index < -0.39 is 5.97 Å². The van der Waals surface area contributed by atoms with E-state index in [0.29, 0.717) is 0 Å². The van der Waals surface area contributed by atoms with Gasteiger partial charge in [0, 0.05) is 10.5 Å². The Kier molecular flexibility index (Phi) is 5.15. The molecule has 1 rings (SSSR count). The van der Waals surface area contributed by atoms with Crippen molar-refractivity contribution in [3.05, 3.63) is 34.3 Å². The lowest BCUT2D eigenvalue weighted by Crippen LogP contribution is -2.35. The Morgan fingerprint density at radius 3 is 2.47 bits per heavy atom. The summed E-state index contributed by atoms with van der Waals surface area (Å²) in [7, 11) is 0. The van der Waals surface area contributed by atoms with E-state index in [4.69, 9.17) is 5.11 Å². The van der Waals surface area contributed by atoms with Crippen molar-refractivity contribution in [1.29, 1.82) is 0 Å². The van der Waals surface area contributed by atoms with Crippen molar-refractivity contribution in [3.63, 3.8) is 0 Å². The van der Waals surface area contributed by atoms with Gasteiger partial charge in [-0.25, -0.2) is 0 Å². The van der Waals surface area contributed by atoms with Gasteiger partial charge >= 0.3 is 5.97 Å². The molecule has 0 fully saturated rings. The fourth-order valence-corrected chi connectivity index (χ4v) is 1.69. The smallest absolute Gasteiger partial charge is 0.305 e. The van der Waals surface area contributed by atoms with Crippen LogP contribution in [0.5, 0.6) is 0 Å². The van der Waals surface area contributed by atoms with Gasteiger partial charge < -0.3 is 10.4 Å². The molecule has 1 aromatic carbocycles. The Labute approximate surface area is 108 Å². The molecule has 0 heterocycles. The van der Waals surface area contributed by atoms with Crippen molar-refractivity contribution >= 4 is 27.8 Å². The van der Waals surface area contributed by atoms with Gasteiger partial charge in [-0.2, -0.15) is 0 Å². The van der Waals surface area contributed by atoms with Gasteiger partial charge in [0.05, 0.1) is 12.8 Å². The van der Waals surface area contributed by atoms with E-state index in [0.717, 1.165) is 10.0 Å². The molecule has 0 aromatic heterocycles. The Hall–Kier alpha value is -1.36. The largest absolute Gasteiger partial charge is 0.481 e. The normalized spacial score (nSPS) is 11.9. The van der Waals surface area contributed by atoms with Gasteiger partial charge in [-0.15, -0.1) is 0 Å². The average Bonchev–Trinajstić information content (AvgIpc) is 2.19. The molecule has 0 aliphatic heterocycles. The summed E-state index contributed by atoms with van der Waals surface area (Å²) in [6, 6.07) is 7.08.